The van der Waals surface area contributed by atoms with Gasteiger partial charge >= 0.3 is 12.1 Å². The molecule has 0 spiro atoms. The molecule has 7 heteroatoms. The number of alkyl carbamates (subject to hydrolysis) is 1. The molecule has 1 amide bonds. The molecule has 1 atom stereocenters. The molecule has 142 valence electrons. The molecule has 0 aliphatic heterocycles. The van der Waals surface area contributed by atoms with Crippen LogP contribution in [0.5, 0.6) is 0 Å². The summed E-state index contributed by atoms with van der Waals surface area (Å²) in [6.45, 7) is 0.418. The van der Waals surface area contributed by atoms with Gasteiger partial charge in [0.15, 0.2) is 0 Å². The van der Waals surface area contributed by atoms with Crippen LogP contribution >= 0.6 is 0 Å². The van der Waals surface area contributed by atoms with Crippen LogP contribution in [0.2, 0.25) is 0 Å². The van der Waals surface area contributed by atoms with Gasteiger partial charge in [0, 0.05) is 12.6 Å². The number of ether oxygens (including phenoxy) is 2. The molecule has 2 aromatic rings. The second-order valence-corrected chi connectivity index (χ2v) is 5.56. The van der Waals surface area contributed by atoms with Crippen LogP contribution in [0.4, 0.5) is 4.79 Å². The fourth-order valence-electron chi connectivity index (χ4n) is 2.15. The molecule has 2 aromatic carbocycles. The molecule has 0 fully saturated rings. The summed E-state index contributed by atoms with van der Waals surface area (Å²) in [5.74, 6) is -0.596. The van der Waals surface area contributed by atoms with Gasteiger partial charge in [0.2, 0.25) is 0 Å². The van der Waals surface area contributed by atoms with E-state index < -0.39 is 18.1 Å². The SMILES string of the molecule is COC(=O)[C@H](CC=NOCc1ccccc1)NC(=O)OCc1ccccc1. The molecule has 2 rings (SSSR count). The number of rotatable bonds is 9. The lowest BCUT2D eigenvalue weighted by molar-refractivity contribution is -0.142. The number of nitrogens with zero attached hydrogens (tertiary/aromatic N) is 1. The van der Waals surface area contributed by atoms with Gasteiger partial charge in [-0.1, -0.05) is 65.8 Å². The summed E-state index contributed by atoms with van der Waals surface area (Å²) in [6, 6.07) is 17.9. The topological polar surface area (TPSA) is 86.2 Å². The molecule has 27 heavy (non-hydrogen) atoms. The normalized spacial score (nSPS) is 11.6. The minimum Gasteiger partial charge on any atom is -0.467 e. The van der Waals surface area contributed by atoms with Gasteiger partial charge in [-0.25, -0.2) is 9.59 Å². The Morgan fingerprint density at radius 3 is 2.19 bits per heavy atom. The molecular weight excluding hydrogens is 348 g/mol. The van der Waals surface area contributed by atoms with E-state index >= 15 is 0 Å². The lowest BCUT2D eigenvalue weighted by atomic mass is 10.2. The molecule has 7 nitrogen and oxygen atoms in total. The van der Waals surface area contributed by atoms with Crippen molar-refractivity contribution in [2.24, 2.45) is 5.16 Å². The number of nitrogens with one attached hydrogen (secondary N) is 1. The lowest BCUT2D eigenvalue weighted by Crippen LogP contribution is -2.42. The van der Waals surface area contributed by atoms with Crippen LogP contribution in [-0.4, -0.2) is 31.4 Å². The first-order chi connectivity index (χ1) is 13.2. The van der Waals surface area contributed by atoms with E-state index in [2.05, 4.69) is 10.5 Å². The summed E-state index contributed by atoms with van der Waals surface area (Å²) in [6.07, 6.45) is 0.803. The van der Waals surface area contributed by atoms with Crippen molar-refractivity contribution in [1.29, 1.82) is 0 Å². The Kier molecular flexibility index (Phi) is 8.36. The van der Waals surface area contributed by atoms with Crippen LogP contribution in [-0.2, 0) is 32.3 Å². The fraction of sp³-hybridized carbons (Fsp3) is 0.250. The smallest absolute Gasteiger partial charge is 0.408 e. The molecule has 0 saturated heterocycles. The first-order valence-corrected chi connectivity index (χ1v) is 8.42. The average molecular weight is 370 g/mol. The number of hydrogen-bond acceptors (Lipinski definition) is 6. The van der Waals surface area contributed by atoms with Gasteiger partial charge in [-0.3, -0.25) is 0 Å². The third-order valence-corrected chi connectivity index (χ3v) is 3.55. The van der Waals surface area contributed by atoms with Gasteiger partial charge in [0.05, 0.1) is 7.11 Å². The van der Waals surface area contributed by atoms with Crippen molar-refractivity contribution in [3.8, 4) is 0 Å². The van der Waals surface area contributed by atoms with E-state index in [4.69, 9.17) is 14.3 Å². The Balaban J connectivity index is 1.77. The molecule has 0 radical (unpaired) electrons. The van der Waals surface area contributed by atoms with Crippen LogP contribution in [0.25, 0.3) is 0 Å². The number of amides is 1. The second kappa shape index (κ2) is 11.3. The number of hydrogen-bond donors (Lipinski definition) is 1. The minimum absolute atomic E-state index is 0.106. The summed E-state index contributed by atoms with van der Waals surface area (Å²) in [5.41, 5.74) is 1.82. The number of carbonyl (C=O) groups is 2. The summed E-state index contributed by atoms with van der Waals surface area (Å²) in [7, 11) is 1.25. The molecule has 0 aromatic heterocycles. The highest BCUT2D eigenvalue weighted by Crippen LogP contribution is 2.03. The van der Waals surface area contributed by atoms with Gasteiger partial charge in [0.25, 0.3) is 0 Å². The van der Waals surface area contributed by atoms with Crippen molar-refractivity contribution in [2.75, 3.05) is 7.11 Å². The molecule has 0 unspecified atom stereocenters. The number of carbonyl (C=O) groups excluding carboxylic acids is 2. The zero-order valence-electron chi connectivity index (χ0n) is 15.0. The zero-order valence-corrected chi connectivity index (χ0v) is 15.0. The summed E-state index contributed by atoms with van der Waals surface area (Å²) in [4.78, 5) is 28.9. The van der Waals surface area contributed by atoms with Crippen molar-refractivity contribution in [1.82, 2.24) is 5.32 Å². The maximum Gasteiger partial charge on any atom is 0.408 e. The fourth-order valence-corrected chi connectivity index (χ4v) is 2.15. The van der Waals surface area contributed by atoms with Crippen LogP contribution in [0.15, 0.2) is 65.8 Å². The van der Waals surface area contributed by atoms with E-state index in [0.717, 1.165) is 11.1 Å². The van der Waals surface area contributed by atoms with Crippen molar-refractivity contribution < 1.29 is 23.9 Å². The third-order valence-electron chi connectivity index (χ3n) is 3.55. The zero-order chi connectivity index (χ0) is 19.3. The summed E-state index contributed by atoms with van der Waals surface area (Å²) < 4.78 is 9.80. The van der Waals surface area contributed by atoms with Crippen molar-refractivity contribution >= 4 is 18.3 Å². The van der Waals surface area contributed by atoms with Crippen LogP contribution in [0.3, 0.4) is 0 Å². The number of methoxy groups -OCH3 is 1. The highest BCUT2D eigenvalue weighted by atomic mass is 16.6. The Hall–Kier alpha value is -3.35. The first-order valence-electron chi connectivity index (χ1n) is 8.42. The van der Waals surface area contributed by atoms with Crippen molar-refractivity contribution in [3.05, 3.63) is 71.8 Å². The quantitative estimate of drug-likeness (QED) is 0.416. The minimum atomic E-state index is -0.914. The van der Waals surface area contributed by atoms with Gasteiger partial charge in [-0.2, -0.15) is 0 Å². The summed E-state index contributed by atoms with van der Waals surface area (Å²) in [5, 5.41) is 6.26. The molecular formula is C20H22N2O5. The van der Waals surface area contributed by atoms with E-state index in [9.17, 15) is 9.59 Å². The molecule has 0 bridgehead atoms. The lowest BCUT2D eigenvalue weighted by Gasteiger charge is -2.14. The predicted molar refractivity (Wildman–Crippen MR) is 99.9 cm³/mol. The number of esters is 1. The molecule has 0 saturated carbocycles. The number of oxime groups is 1. The van der Waals surface area contributed by atoms with E-state index in [1.165, 1.54) is 13.3 Å². The van der Waals surface area contributed by atoms with E-state index in [-0.39, 0.29) is 13.0 Å². The van der Waals surface area contributed by atoms with Gasteiger partial charge in [0.1, 0.15) is 19.3 Å². The first kappa shape index (κ1) is 20.0. The molecule has 0 heterocycles. The van der Waals surface area contributed by atoms with Crippen LogP contribution < -0.4 is 5.32 Å². The van der Waals surface area contributed by atoms with Crippen LogP contribution in [0.1, 0.15) is 17.5 Å². The predicted octanol–water partition coefficient (Wildman–Crippen LogP) is 3.05. The average Bonchev–Trinajstić information content (AvgIpc) is 2.72. The maximum absolute atomic E-state index is 11.9. The van der Waals surface area contributed by atoms with Gasteiger partial charge < -0.3 is 19.6 Å². The Morgan fingerprint density at radius 2 is 1.59 bits per heavy atom. The van der Waals surface area contributed by atoms with E-state index in [1.54, 1.807) is 0 Å². The highest BCUT2D eigenvalue weighted by Gasteiger charge is 2.21. The van der Waals surface area contributed by atoms with Crippen molar-refractivity contribution in [2.45, 2.75) is 25.7 Å². The molecule has 1 N–H and O–H groups in total. The van der Waals surface area contributed by atoms with Gasteiger partial charge in [-0.05, 0) is 11.1 Å². The van der Waals surface area contributed by atoms with Crippen molar-refractivity contribution in [3.63, 3.8) is 0 Å². The molecule has 0 aliphatic carbocycles. The van der Waals surface area contributed by atoms with E-state index in [0.29, 0.717) is 6.61 Å². The second-order valence-electron chi connectivity index (χ2n) is 5.56. The molecule has 0 aliphatic rings. The Bertz CT molecular complexity index is 735. The van der Waals surface area contributed by atoms with Crippen LogP contribution in [0, 0.1) is 0 Å². The Morgan fingerprint density at radius 1 is 1.00 bits per heavy atom. The highest BCUT2D eigenvalue weighted by molar-refractivity contribution is 5.84. The maximum atomic E-state index is 11.9. The van der Waals surface area contributed by atoms with Gasteiger partial charge in [-0.15, -0.1) is 0 Å². The standard InChI is InChI=1S/C20H22N2O5/c1-25-19(23)18(12-13-21-27-15-17-10-6-3-7-11-17)22-20(24)26-14-16-8-4-2-5-9-16/h2-11,13,18H,12,14-15H2,1H3,(H,22,24)/t18-/m0/s1. The monoisotopic (exact) mass is 370 g/mol. The third kappa shape index (κ3) is 7.60. The van der Waals surface area contributed by atoms with E-state index in [1.807, 2.05) is 60.7 Å². The summed E-state index contributed by atoms with van der Waals surface area (Å²) >= 11 is 0. The Labute approximate surface area is 157 Å². The largest absolute Gasteiger partial charge is 0.467 e. The number of benzene rings is 2.